The number of hydrogen-bond donors (Lipinski definition) is 1. The topological polar surface area (TPSA) is 52.7 Å². The fraction of sp³-hybridized carbons (Fsp3) is 0.667. The molecule has 5 nitrogen and oxygen atoms in total. The van der Waals surface area contributed by atoms with Crippen LogP contribution in [-0.4, -0.2) is 62.9 Å². The van der Waals surface area contributed by atoms with Crippen molar-refractivity contribution in [3.05, 3.63) is 29.8 Å². The third-order valence-electron chi connectivity index (χ3n) is 5.49. The number of rotatable bonds is 5. The van der Waals surface area contributed by atoms with E-state index >= 15 is 0 Å². The molecule has 25 heavy (non-hydrogen) atoms. The van der Waals surface area contributed by atoms with Crippen molar-refractivity contribution < 1.29 is 8.42 Å². The molecule has 2 unspecified atom stereocenters. The quantitative estimate of drug-likeness (QED) is 0.842. The molecule has 2 atom stereocenters. The van der Waals surface area contributed by atoms with E-state index in [2.05, 4.69) is 24.1 Å². The standard InChI is InChI=1S/C18H29N3O2S.ClH/c1-3-15(2)16-4-6-18(7-5-16)24(22,23)21-11-8-17(14-21)20-12-9-19-10-13-20;/h4-7,15,17,19H,3,8-14H2,1-2H3;1H. The monoisotopic (exact) mass is 387 g/mol. The van der Waals surface area contributed by atoms with E-state index in [0.29, 0.717) is 29.9 Å². The van der Waals surface area contributed by atoms with E-state index in [-0.39, 0.29) is 12.4 Å². The number of sulfonamides is 1. The summed E-state index contributed by atoms with van der Waals surface area (Å²) in [7, 11) is -3.37. The molecule has 1 aromatic carbocycles. The Morgan fingerprint density at radius 3 is 2.40 bits per heavy atom. The number of nitrogens with one attached hydrogen (secondary N) is 1. The minimum Gasteiger partial charge on any atom is -0.314 e. The molecule has 0 aromatic heterocycles. The van der Waals surface area contributed by atoms with E-state index in [0.717, 1.165) is 39.0 Å². The van der Waals surface area contributed by atoms with Crippen LogP contribution < -0.4 is 5.32 Å². The van der Waals surface area contributed by atoms with Crippen molar-refractivity contribution in [2.45, 2.75) is 43.5 Å². The highest BCUT2D eigenvalue weighted by Gasteiger charge is 2.35. The minimum atomic E-state index is -3.37. The molecule has 3 rings (SSSR count). The van der Waals surface area contributed by atoms with Crippen LogP contribution in [0.15, 0.2) is 29.2 Å². The van der Waals surface area contributed by atoms with E-state index in [1.54, 1.807) is 16.4 Å². The van der Waals surface area contributed by atoms with Crippen LogP contribution in [0.2, 0.25) is 0 Å². The highest BCUT2D eigenvalue weighted by molar-refractivity contribution is 7.89. The van der Waals surface area contributed by atoms with Gasteiger partial charge in [0.2, 0.25) is 10.0 Å². The van der Waals surface area contributed by atoms with Crippen LogP contribution in [0.25, 0.3) is 0 Å². The zero-order chi connectivity index (χ0) is 17.2. The molecule has 2 saturated heterocycles. The van der Waals surface area contributed by atoms with Gasteiger partial charge in [-0.05, 0) is 36.5 Å². The Hall–Kier alpha value is -0.660. The van der Waals surface area contributed by atoms with Gasteiger partial charge < -0.3 is 5.32 Å². The molecule has 0 bridgehead atoms. The number of benzene rings is 1. The molecule has 2 heterocycles. The van der Waals surface area contributed by atoms with Crippen LogP contribution in [0.1, 0.15) is 38.2 Å². The first kappa shape index (κ1) is 20.6. The molecule has 0 amide bonds. The van der Waals surface area contributed by atoms with Crippen LogP contribution in [0.3, 0.4) is 0 Å². The van der Waals surface area contributed by atoms with Crippen molar-refractivity contribution in [3.8, 4) is 0 Å². The van der Waals surface area contributed by atoms with E-state index in [9.17, 15) is 8.42 Å². The van der Waals surface area contributed by atoms with Gasteiger partial charge in [0, 0.05) is 45.3 Å². The van der Waals surface area contributed by atoms with Crippen molar-refractivity contribution in [2.75, 3.05) is 39.3 Å². The number of halogens is 1. The zero-order valence-electron chi connectivity index (χ0n) is 15.1. The molecule has 1 aromatic rings. The molecule has 0 spiro atoms. The van der Waals surface area contributed by atoms with Gasteiger partial charge in [-0.15, -0.1) is 12.4 Å². The summed E-state index contributed by atoms with van der Waals surface area (Å²) in [5.41, 5.74) is 1.21. The third-order valence-corrected chi connectivity index (χ3v) is 7.37. The predicted octanol–water partition coefficient (Wildman–Crippen LogP) is 2.29. The van der Waals surface area contributed by atoms with Gasteiger partial charge in [0.05, 0.1) is 4.90 Å². The minimum absolute atomic E-state index is 0. The van der Waals surface area contributed by atoms with E-state index in [1.165, 1.54) is 5.56 Å². The fourth-order valence-corrected chi connectivity index (χ4v) is 5.12. The summed E-state index contributed by atoms with van der Waals surface area (Å²) in [5.74, 6) is 0.464. The van der Waals surface area contributed by atoms with Crippen LogP contribution >= 0.6 is 12.4 Å². The Morgan fingerprint density at radius 2 is 1.80 bits per heavy atom. The summed E-state index contributed by atoms with van der Waals surface area (Å²) in [6, 6.07) is 7.83. The van der Waals surface area contributed by atoms with Gasteiger partial charge in [-0.25, -0.2) is 8.42 Å². The number of piperazine rings is 1. The lowest BCUT2D eigenvalue weighted by Crippen LogP contribution is -2.49. The highest BCUT2D eigenvalue weighted by Crippen LogP contribution is 2.26. The average molecular weight is 388 g/mol. The van der Waals surface area contributed by atoms with E-state index in [4.69, 9.17) is 0 Å². The lowest BCUT2D eigenvalue weighted by molar-refractivity contribution is 0.179. The fourth-order valence-electron chi connectivity index (χ4n) is 3.63. The molecule has 0 saturated carbocycles. The Morgan fingerprint density at radius 1 is 1.16 bits per heavy atom. The molecule has 2 fully saturated rings. The molecule has 1 N–H and O–H groups in total. The second-order valence-corrected chi connectivity index (χ2v) is 8.91. The lowest BCUT2D eigenvalue weighted by atomic mass is 9.99. The summed E-state index contributed by atoms with van der Waals surface area (Å²) in [5, 5.41) is 3.35. The summed E-state index contributed by atoms with van der Waals surface area (Å²) in [6.07, 6.45) is 1.99. The summed E-state index contributed by atoms with van der Waals surface area (Å²) < 4.78 is 27.5. The van der Waals surface area contributed by atoms with Crippen molar-refractivity contribution in [3.63, 3.8) is 0 Å². The number of nitrogens with zero attached hydrogens (tertiary/aromatic N) is 2. The molecule has 0 aliphatic carbocycles. The van der Waals surface area contributed by atoms with Gasteiger partial charge in [-0.2, -0.15) is 4.31 Å². The second-order valence-electron chi connectivity index (χ2n) is 6.97. The zero-order valence-corrected chi connectivity index (χ0v) is 16.8. The first-order chi connectivity index (χ1) is 11.5. The summed E-state index contributed by atoms with van der Waals surface area (Å²) in [4.78, 5) is 2.86. The maximum absolute atomic E-state index is 12.9. The molecule has 0 radical (unpaired) electrons. The smallest absolute Gasteiger partial charge is 0.243 e. The largest absolute Gasteiger partial charge is 0.314 e. The van der Waals surface area contributed by atoms with Gasteiger partial charge in [0.15, 0.2) is 0 Å². The Bertz CT molecular complexity index is 645. The van der Waals surface area contributed by atoms with Gasteiger partial charge in [-0.1, -0.05) is 26.0 Å². The Labute approximate surface area is 158 Å². The first-order valence-electron chi connectivity index (χ1n) is 9.07. The van der Waals surface area contributed by atoms with Gasteiger partial charge in [-0.3, -0.25) is 4.90 Å². The first-order valence-corrected chi connectivity index (χ1v) is 10.5. The van der Waals surface area contributed by atoms with Crippen molar-refractivity contribution in [1.82, 2.24) is 14.5 Å². The molecule has 142 valence electrons. The predicted molar refractivity (Wildman–Crippen MR) is 104 cm³/mol. The number of hydrogen-bond acceptors (Lipinski definition) is 4. The summed E-state index contributed by atoms with van der Waals surface area (Å²) in [6.45, 7) is 9.60. The lowest BCUT2D eigenvalue weighted by Gasteiger charge is -2.32. The maximum atomic E-state index is 12.9. The van der Waals surface area contributed by atoms with Crippen LogP contribution in [0.4, 0.5) is 0 Å². The highest BCUT2D eigenvalue weighted by atomic mass is 35.5. The molecular weight excluding hydrogens is 358 g/mol. The summed E-state index contributed by atoms with van der Waals surface area (Å²) >= 11 is 0. The third kappa shape index (κ3) is 4.55. The second kappa shape index (κ2) is 8.82. The van der Waals surface area contributed by atoms with Gasteiger partial charge in [0.25, 0.3) is 0 Å². The molecule has 2 aliphatic heterocycles. The molecule has 7 heteroatoms. The van der Waals surface area contributed by atoms with Gasteiger partial charge >= 0.3 is 0 Å². The van der Waals surface area contributed by atoms with Crippen molar-refractivity contribution in [2.24, 2.45) is 0 Å². The van der Waals surface area contributed by atoms with E-state index in [1.807, 2.05) is 12.1 Å². The van der Waals surface area contributed by atoms with Crippen molar-refractivity contribution in [1.29, 1.82) is 0 Å². The van der Waals surface area contributed by atoms with Crippen molar-refractivity contribution >= 4 is 22.4 Å². The van der Waals surface area contributed by atoms with Crippen LogP contribution in [0, 0.1) is 0 Å². The molecular formula is C18H30ClN3O2S. The SMILES string of the molecule is CCC(C)c1ccc(S(=O)(=O)N2CCC(N3CCNCC3)C2)cc1.Cl. The Kier molecular flexibility index (Phi) is 7.29. The normalized spacial score (nSPS) is 24.0. The molecule has 2 aliphatic rings. The van der Waals surface area contributed by atoms with E-state index < -0.39 is 10.0 Å². The van der Waals surface area contributed by atoms with Gasteiger partial charge in [0.1, 0.15) is 0 Å². The van der Waals surface area contributed by atoms with Crippen LogP contribution in [-0.2, 0) is 10.0 Å². The maximum Gasteiger partial charge on any atom is 0.243 e. The van der Waals surface area contributed by atoms with Crippen LogP contribution in [0.5, 0.6) is 0 Å². The Balaban J connectivity index is 0.00000225. The average Bonchev–Trinajstić information content (AvgIpc) is 3.13.